The zero-order chi connectivity index (χ0) is 13.5. The molecule has 0 bridgehead atoms. The summed E-state index contributed by atoms with van der Waals surface area (Å²) in [4.78, 5) is 0. The summed E-state index contributed by atoms with van der Waals surface area (Å²) in [6.07, 6.45) is 0.387. The standard InChI is InChI=1S/C15H25NO2/c1-4-9-18-14-8-6-5-7-12(14)15(17)13(10-16)11(2)3/h5-8,11,13,15,17H,4,9-10,16H2,1-3H3. The van der Waals surface area contributed by atoms with Gasteiger partial charge in [0.2, 0.25) is 0 Å². The third kappa shape index (κ3) is 3.72. The lowest BCUT2D eigenvalue weighted by Crippen LogP contribution is -2.27. The first-order valence-electron chi connectivity index (χ1n) is 6.71. The second-order valence-electron chi connectivity index (χ2n) is 4.97. The number of hydrogen-bond donors (Lipinski definition) is 2. The molecule has 3 heteroatoms. The lowest BCUT2D eigenvalue weighted by molar-refractivity contribution is 0.0829. The van der Waals surface area contributed by atoms with Crippen LogP contribution in [0.2, 0.25) is 0 Å². The van der Waals surface area contributed by atoms with E-state index < -0.39 is 6.10 Å². The summed E-state index contributed by atoms with van der Waals surface area (Å²) in [7, 11) is 0. The van der Waals surface area contributed by atoms with Gasteiger partial charge in [-0.25, -0.2) is 0 Å². The minimum Gasteiger partial charge on any atom is -0.493 e. The van der Waals surface area contributed by atoms with Crippen LogP contribution in [0.25, 0.3) is 0 Å². The smallest absolute Gasteiger partial charge is 0.125 e. The topological polar surface area (TPSA) is 55.5 Å². The van der Waals surface area contributed by atoms with Gasteiger partial charge in [0, 0.05) is 11.5 Å². The first kappa shape index (κ1) is 15.0. The van der Waals surface area contributed by atoms with Gasteiger partial charge in [0.25, 0.3) is 0 Å². The minimum atomic E-state index is -0.567. The Kier molecular flexibility index (Phi) is 6.16. The fraction of sp³-hybridized carbons (Fsp3) is 0.600. The fourth-order valence-electron chi connectivity index (χ4n) is 2.06. The van der Waals surface area contributed by atoms with Gasteiger partial charge in [0.1, 0.15) is 5.75 Å². The molecule has 0 aromatic heterocycles. The van der Waals surface area contributed by atoms with Crippen LogP contribution in [0, 0.1) is 11.8 Å². The van der Waals surface area contributed by atoms with E-state index in [1.807, 2.05) is 24.3 Å². The summed E-state index contributed by atoms with van der Waals surface area (Å²) >= 11 is 0. The van der Waals surface area contributed by atoms with Crippen LogP contribution in [-0.4, -0.2) is 18.3 Å². The van der Waals surface area contributed by atoms with Crippen molar-refractivity contribution in [2.75, 3.05) is 13.2 Å². The lowest BCUT2D eigenvalue weighted by atomic mass is 9.86. The van der Waals surface area contributed by atoms with Crippen LogP contribution in [-0.2, 0) is 0 Å². The molecule has 3 nitrogen and oxygen atoms in total. The van der Waals surface area contributed by atoms with Crippen molar-refractivity contribution in [2.45, 2.75) is 33.3 Å². The van der Waals surface area contributed by atoms with E-state index in [0.29, 0.717) is 19.1 Å². The van der Waals surface area contributed by atoms with E-state index in [-0.39, 0.29) is 5.92 Å². The Labute approximate surface area is 110 Å². The zero-order valence-electron chi connectivity index (χ0n) is 11.6. The Hall–Kier alpha value is -1.06. The number of benzene rings is 1. The van der Waals surface area contributed by atoms with Crippen molar-refractivity contribution < 1.29 is 9.84 Å². The van der Waals surface area contributed by atoms with E-state index in [1.54, 1.807) is 0 Å². The highest BCUT2D eigenvalue weighted by molar-refractivity contribution is 5.35. The predicted molar refractivity (Wildman–Crippen MR) is 74.6 cm³/mol. The van der Waals surface area contributed by atoms with Crippen LogP contribution in [0.4, 0.5) is 0 Å². The Morgan fingerprint density at radius 2 is 1.94 bits per heavy atom. The summed E-state index contributed by atoms with van der Waals surface area (Å²) in [5.74, 6) is 1.16. The summed E-state index contributed by atoms with van der Waals surface area (Å²) in [5, 5.41) is 10.5. The molecule has 0 fully saturated rings. The second-order valence-corrected chi connectivity index (χ2v) is 4.97. The molecular formula is C15H25NO2. The maximum atomic E-state index is 10.5. The highest BCUT2D eigenvalue weighted by atomic mass is 16.5. The molecule has 18 heavy (non-hydrogen) atoms. The molecule has 0 saturated carbocycles. The van der Waals surface area contributed by atoms with Gasteiger partial charge >= 0.3 is 0 Å². The molecule has 2 atom stereocenters. The number of rotatable bonds is 7. The molecular weight excluding hydrogens is 226 g/mol. The first-order valence-corrected chi connectivity index (χ1v) is 6.71. The average molecular weight is 251 g/mol. The number of aliphatic hydroxyl groups is 1. The number of para-hydroxylation sites is 1. The number of aliphatic hydroxyl groups excluding tert-OH is 1. The Morgan fingerprint density at radius 3 is 2.50 bits per heavy atom. The van der Waals surface area contributed by atoms with Gasteiger partial charge in [-0.2, -0.15) is 0 Å². The largest absolute Gasteiger partial charge is 0.493 e. The van der Waals surface area contributed by atoms with Crippen molar-refractivity contribution in [3.8, 4) is 5.75 Å². The van der Waals surface area contributed by atoms with Crippen LogP contribution in [0.1, 0.15) is 38.9 Å². The summed E-state index contributed by atoms with van der Waals surface area (Å²) in [6.45, 7) is 7.36. The minimum absolute atomic E-state index is 0.0522. The quantitative estimate of drug-likeness (QED) is 0.783. The summed E-state index contributed by atoms with van der Waals surface area (Å²) < 4.78 is 5.68. The molecule has 1 aromatic rings. The van der Waals surface area contributed by atoms with Gasteiger partial charge < -0.3 is 15.6 Å². The van der Waals surface area contributed by atoms with E-state index in [1.165, 1.54) is 0 Å². The van der Waals surface area contributed by atoms with Crippen LogP contribution in [0.3, 0.4) is 0 Å². The van der Waals surface area contributed by atoms with Crippen LogP contribution in [0.15, 0.2) is 24.3 Å². The zero-order valence-corrected chi connectivity index (χ0v) is 11.6. The Bertz CT molecular complexity index is 352. The molecule has 3 N–H and O–H groups in total. The molecule has 0 aliphatic heterocycles. The van der Waals surface area contributed by atoms with E-state index in [9.17, 15) is 5.11 Å². The average Bonchev–Trinajstić information content (AvgIpc) is 2.37. The van der Waals surface area contributed by atoms with E-state index in [0.717, 1.165) is 17.7 Å². The van der Waals surface area contributed by atoms with E-state index in [2.05, 4.69) is 20.8 Å². The van der Waals surface area contributed by atoms with Crippen molar-refractivity contribution in [2.24, 2.45) is 17.6 Å². The molecule has 0 spiro atoms. The molecule has 0 radical (unpaired) electrons. The number of ether oxygens (including phenoxy) is 1. The normalized spacial score (nSPS) is 14.6. The first-order chi connectivity index (χ1) is 8.61. The number of nitrogens with two attached hydrogens (primary N) is 1. The summed E-state index contributed by atoms with van der Waals surface area (Å²) in [6, 6.07) is 7.67. The van der Waals surface area contributed by atoms with Crippen molar-refractivity contribution in [3.05, 3.63) is 29.8 Å². The molecule has 2 unspecified atom stereocenters. The van der Waals surface area contributed by atoms with Gasteiger partial charge in [-0.15, -0.1) is 0 Å². The molecule has 0 aliphatic rings. The molecule has 102 valence electrons. The van der Waals surface area contributed by atoms with Gasteiger partial charge in [-0.05, 0) is 24.9 Å². The van der Waals surface area contributed by atoms with Crippen molar-refractivity contribution in [3.63, 3.8) is 0 Å². The Morgan fingerprint density at radius 1 is 1.28 bits per heavy atom. The summed E-state index contributed by atoms with van der Waals surface area (Å²) in [5.41, 5.74) is 6.60. The van der Waals surface area contributed by atoms with Crippen molar-refractivity contribution >= 4 is 0 Å². The van der Waals surface area contributed by atoms with Gasteiger partial charge in [0.15, 0.2) is 0 Å². The third-order valence-electron chi connectivity index (χ3n) is 3.23. The van der Waals surface area contributed by atoms with E-state index >= 15 is 0 Å². The predicted octanol–water partition coefficient (Wildman–Crippen LogP) is 2.74. The monoisotopic (exact) mass is 251 g/mol. The molecule has 1 rings (SSSR count). The van der Waals surface area contributed by atoms with Crippen LogP contribution in [0.5, 0.6) is 5.75 Å². The Balaban J connectivity index is 2.92. The van der Waals surface area contributed by atoms with Gasteiger partial charge in [-0.3, -0.25) is 0 Å². The maximum absolute atomic E-state index is 10.5. The van der Waals surface area contributed by atoms with Crippen LogP contribution < -0.4 is 10.5 Å². The highest BCUT2D eigenvalue weighted by Crippen LogP contribution is 2.33. The molecule has 1 aromatic carbocycles. The molecule has 0 saturated heterocycles. The van der Waals surface area contributed by atoms with Gasteiger partial charge in [-0.1, -0.05) is 39.0 Å². The molecule has 0 aliphatic carbocycles. The maximum Gasteiger partial charge on any atom is 0.125 e. The number of hydrogen-bond acceptors (Lipinski definition) is 3. The van der Waals surface area contributed by atoms with Gasteiger partial charge in [0.05, 0.1) is 12.7 Å². The lowest BCUT2D eigenvalue weighted by Gasteiger charge is -2.26. The van der Waals surface area contributed by atoms with E-state index in [4.69, 9.17) is 10.5 Å². The van der Waals surface area contributed by atoms with Crippen molar-refractivity contribution in [1.29, 1.82) is 0 Å². The third-order valence-corrected chi connectivity index (χ3v) is 3.23. The highest BCUT2D eigenvalue weighted by Gasteiger charge is 2.25. The van der Waals surface area contributed by atoms with Crippen LogP contribution >= 0.6 is 0 Å². The molecule has 0 amide bonds. The molecule has 0 heterocycles. The van der Waals surface area contributed by atoms with Crippen molar-refractivity contribution in [1.82, 2.24) is 0 Å². The SMILES string of the molecule is CCCOc1ccccc1C(O)C(CN)C(C)C. The fourth-order valence-corrected chi connectivity index (χ4v) is 2.06. The second kappa shape index (κ2) is 7.39.